The Balaban J connectivity index is 1.72. The highest BCUT2D eigenvalue weighted by Crippen LogP contribution is 2.23. The number of rotatable bonds is 3. The number of aryl methyl sites for hydroxylation is 2. The quantitative estimate of drug-likeness (QED) is 0.937. The van der Waals surface area contributed by atoms with Crippen molar-refractivity contribution in [3.05, 3.63) is 53.3 Å². The molecule has 1 aliphatic rings. The van der Waals surface area contributed by atoms with Crippen LogP contribution >= 0.6 is 0 Å². The Morgan fingerprint density at radius 3 is 2.48 bits per heavy atom. The zero-order valence-electron chi connectivity index (χ0n) is 14.9. The first kappa shape index (κ1) is 17.1. The standard InChI is InChI=1S/C20H23N3O2/c1-13-4-9-19(14(2)21-13)16-5-7-17(8-6-16)20(25)23-11-10-18(12-23)22-15(3)24/h4-9,18H,10-12H2,1-3H3,(H,22,24). The summed E-state index contributed by atoms with van der Waals surface area (Å²) in [5.74, 6) is -0.0381. The summed E-state index contributed by atoms with van der Waals surface area (Å²) in [5.41, 5.74) is 4.79. The zero-order chi connectivity index (χ0) is 18.0. The predicted molar refractivity (Wildman–Crippen MR) is 97.3 cm³/mol. The van der Waals surface area contributed by atoms with Gasteiger partial charge in [0.15, 0.2) is 0 Å². The minimum absolute atomic E-state index is 0.0122. The van der Waals surface area contributed by atoms with Crippen molar-refractivity contribution in [3.8, 4) is 11.1 Å². The van der Waals surface area contributed by atoms with Crippen molar-refractivity contribution in [1.29, 1.82) is 0 Å². The molecule has 1 fully saturated rings. The second kappa shape index (κ2) is 7.05. The number of hydrogen-bond donors (Lipinski definition) is 1. The lowest BCUT2D eigenvalue weighted by atomic mass is 10.0. The molecule has 5 nitrogen and oxygen atoms in total. The molecule has 1 unspecified atom stereocenters. The van der Waals surface area contributed by atoms with E-state index >= 15 is 0 Å². The van der Waals surface area contributed by atoms with Crippen LogP contribution in [0.1, 0.15) is 35.1 Å². The van der Waals surface area contributed by atoms with Gasteiger partial charge in [-0.15, -0.1) is 0 Å². The fourth-order valence-electron chi connectivity index (χ4n) is 3.32. The van der Waals surface area contributed by atoms with Gasteiger partial charge < -0.3 is 10.2 Å². The molecule has 2 heterocycles. The van der Waals surface area contributed by atoms with Crippen molar-refractivity contribution in [2.24, 2.45) is 0 Å². The molecule has 2 aromatic rings. The van der Waals surface area contributed by atoms with Crippen molar-refractivity contribution < 1.29 is 9.59 Å². The van der Waals surface area contributed by atoms with Gasteiger partial charge in [0.2, 0.25) is 5.91 Å². The Morgan fingerprint density at radius 1 is 1.12 bits per heavy atom. The van der Waals surface area contributed by atoms with Gasteiger partial charge in [-0.3, -0.25) is 14.6 Å². The lowest BCUT2D eigenvalue weighted by molar-refractivity contribution is -0.119. The molecule has 1 aromatic heterocycles. The van der Waals surface area contributed by atoms with Gasteiger partial charge in [0.05, 0.1) is 0 Å². The highest BCUT2D eigenvalue weighted by molar-refractivity contribution is 5.95. The summed E-state index contributed by atoms with van der Waals surface area (Å²) in [6, 6.07) is 11.8. The van der Waals surface area contributed by atoms with Gasteiger partial charge in [-0.25, -0.2) is 0 Å². The molecule has 1 aromatic carbocycles. The second-order valence-corrected chi connectivity index (χ2v) is 6.60. The van der Waals surface area contributed by atoms with Crippen molar-refractivity contribution in [1.82, 2.24) is 15.2 Å². The van der Waals surface area contributed by atoms with E-state index in [4.69, 9.17) is 0 Å². The van der Waals surface area contributed by atoms with Gasteiger partial charge in [-0.1, -0.05) is 18.2 Å². The molecule has 0 spiro atoms. The maximum absolute atomic E-state index is 12.6. The van der Waals surface area contributed by atoms with Crippen LogP contribution in [0.5, 0.6) is 0 Å². The number of likely N-dealkylation sites (tertiary alicyclic amines) is 1. The smallest absolute Gasteiger partial charge is 0.253 e. The van der Waals surface area contributed by atoms with E-state index in [9.17, 15) is 9.59 Å². The maximum Gasteiger partial charge on any atom is 0.253 e. The van der Waals surface area contributed by atoms with E-state index in [2.05, 4.69) is 16.4 Å². The van der Waals surface area contributed by atoms with E-state index in [1.165, 1.54) is 6.92 Å². The number of aromatic nitrogens is 1. The number of benzene rings is 1. The lowest BCUT2D eigenvalue weighted by Gasteiger charge is -2.17. The number of nitrogens with one attached hydrogen (secondary N) is 1. The molecule has 2 amide bonds. The van der Waals surface area contributed by atoms with Crippen LogP contribution in [0.15, 0.2) is 36.4 Å². The largest absolute Gasteiger partial charge is 0.352 e. The van der Waals surface area contributed by atoms with E-state index in [1.807, 2.05) is 44.2 Å². The van der Waals surface area contributed by atoms with Crippen molar-refractivity contribution in [2.75, 3.05) is 13.1 Å². The average Bonchev–Trinajstić information content (AvgIpc) is 3.02. The Kier molecular flexibility index (Phi) is 4.83. The molecule has 130 valence electrons. The number of carbonyl (C=O) groups excluding carboxylic acids is 2. The Labute approximate surface area is 148 Å². The molecule has 25 heavy (non-hydrogen) atoms. The monoisotopic (exact) mass is 337 g/mol. The van der Waals surface area contributed by atoms with Crippen LogP contribution in [0.4, 0.5) is 0 Å². The topological polar surface area (TPSA) is 62.3 Å². The average molecular weight is 337 g/mol. The van der Waals surface area contributed by atoms with E-state index in [-0.39, 0.29) is 17.9 Å². The molecular formula is C20H23N3O2. The van der Waals surface area contributed by atoms with Gasteiger partial charge in [0, 0.05) is 48.6 Å². The summed E-state index contributed by atoms with van der Waals surface area (Å²) in [7, 11) is 0. The van der Waals surface area contributed by atoms with Crippen LogP contribution < -0.4 is 5.32 Å². The van der Waals surface area contributed by atoms with E-state index in [0.29, 0.717) is 18.7 Å². The number of pyridine rings is 1. The molecule has 1 saturated heterocycles. The lowest BCUT2D eigenvalue weighted by Crippen LogP contribution is -2.37. The van der Waals surface area contributed by atoms with Gasteiger partial charge in [-0.05, 0) is 44.0 Å². The van der Waals surface area contributed by atoms with Gasteiger partial charge >= 0.3 is 0 Å². The first-order valence-electron chi connectivity index (χ1n) is 8.55. The third-order valence-corrected chi connectivity index (χ3v) is 4.55. The summed E-state index contributed by atoms with van der Waals surface area (Å²) in [5, 5.41) is 2.88. The van der Waals surface area contributed by atoms with Crippen LogP contribution in [0.2, 0.25) is 0 Å². The van der Waals surface area contributed by atoms with Gasteiger partial charge in [-0.2, -0.15) is 0 Å². The molecule has 0 aliphatic carbocycles. The maximum atomic E-state index is 12.6. The Bertz CT molecular complexity index is 799. The first-order chi connectivity index (χ1) is 11.9. The number of amides is 2. The van der Waals surface area contributed by atoms with Crippen LogP contribution in [0.3, 0.4) is 0 Å². The Morgan fingerprint density at radius 2 is 1.84 bits per heavy atom. The highest BCUT2D eigenvalue weighted by atomic mass is 16.2. The molecule has 3 rings (SSSR count). The summed E-state index contributed by atoms with van der Waals surface area (Å²) in [6.45, 7) is 6.72. The highest BCUT2D eigenvalue weighted by Gasteiger charge is 2.27. The van der Waals surface area contributed by atoms with Crippen LogP contribution in [0, 0.1) is 13.8 Å². The third-order valence-electron chi connectivity index (χ3n) is 4.55. The number of hydrogen-bond acceptors (Lipinski definition) is 3. The fraction of sp³-hybridized carbons (Fsp3) is 0.350. The fourth-order valence-corrected chi connectivity index (χ4v) is 3.32. The first-order valence-corrected chi connectivity index (χ1v) is 8.55. The van der Waals surface area contributed by atoms with Gasteiger partial charge in [0.1, 0.15) is 0 Å². The molecule has 1 aliphatic heterocycles. The van der Waals surface area contributed by atoms with E-state index < -0.39 is 0 Å². The molecule has 0 radical (unpaired) electrons. The normalized spacial score (nSPS) is 16.8. The van der Waals surface area contributed by atoms with Crippen LogP contribution in [-0.2, 0) is 4.79 Å². The van der Waals surface area contributed by atoms with Gasteiger partial charge in [0.25, 0.3) is 5.91 Å². The van der Waals surface area contributed by atoms with Crippen molar-refractivity contribution in [3.63, 3.8) is 0 Å². The molecular weight excluding hydrogens is 314 g/mol. The Hall–Kier alpha value is -2.69. The summed E-state index contributed by atoms with van der Waals surface area (Å²) in [4.78, 5) is 30.1. The number of carbonyl (C=O) groups is 2. The van der Waals surface area contributed by atoms with E-state index in [0.717, 1.165) is 28.9 Å². The molecule has 0 saturated carbocycles. The molecule has 0 bridgehead atoms. The summed E-state index contributed by atoms with van der Waals surface area (Å²) >= 11 is 0. The molecule has 1 atom stereocenters. The minimum atomic E-state index is -0.0503. The minimum Gasteiger partial charge on any atom is -0.352 e. The zero-order valence-corrected chi connectivity index (χ0v) is 14.9. The molecule has 5 heteroatoms. The number of nitrogens with zero attached hydrogens (tertiary/aromatic N) is 2. The second-order valence-electron chi connectivity index (χ2n) is 6.60. The van der Waals surface area contributed by atoms with Crippen LogP contribution in [-0.4, -0.2) is 40.8 Å². The van der Waals surface area contributed by atoms with Crippen molar-refractivity contribution in [2.45, 2.75) is 33.2 Å². The van der Waals surface area contributed by atoms with Crippen molar-refractivity contribution >= 4 is 11.8 Å². The summed E-state index contributed by atoms with van der Waals surface area (Å²) in [6.07, 6.45) is 0.803. The third kappa shape index (κ3) is 3.87. The SMILES string of the molecule is CC(=O)NC1CCN(C(=O)c2ccc(-c3ccc(C)nc3C)cc2)C1. The predicted octanol–water partition coefficient (Wildman–Crippen LogP) is 2.72. The molecule has 1 N–H and O–H groups in total. The summed E-state index contributed by atoms with van der Waals surface area (Å²) < 4.78 is 0. The van der Waals surface area contributed by atoms with E-state index in [1.54, 1.807) is 4.90 Å². The van der Waals surface area contributed by atoms with Crippen LogP contribution in [0.25, 0.3) is 11.1 Å².